The standard InChI is InChI=1S/C11H20O3/c1-4-11(3,9-12)8-6-7-10(13)14-5-2/h6-7,12H,4-5,8-9H2,1-3H3/b7-6+/t11-/m1/s1. The second-order valence-corrected chi connectivity index (χ2v) is 3.68. The van der Waals surface area contributed by atoms with Crippen LogP contribution < -0.4 is 0 Å². The quantitative estimate of drug-likeness (QED) is 0.526. The van der Waals surface area contributed by atoms with E-state index in [9.17, 15) is 4.79 Å². The van der Waals surface area contributed by atoms with Gasteiger partial charge in [0.2, 0.25) is 0 Å². The summed E-state index contributed by atoms with van der Waals surface area (Å²) in [4.78, 5) is 10.9. The van der Waals surface area contributed by atoms with Gasteiger partial charge in [-0.25, -0.2) is 4.79 Å². The van der Waals surface area contributed by atoms with Gasteiger partial charge in [0, 0.05) is 12.7 Å². The second kappa shape index (κ2) is 6.60. The lowest BCUT2D eigenvalue weighted by Gasteiger charge is -2.23. The topological polar surface area (TPSA) is 46.5 Å². The van der Waals surface area contributed by atoms with E-state index in [0.29, 0.717) is 13.0 Å². The number of aliphatic hydroxyl groups is 1. The Morgan fingerprint density at radius 1 is 1.50 bits per heavy atom. The van der Waals surface area contributed by atoms with Crippen LogP contribution in [0, 0.1) is 5.41 Å². The molecule has 1 N–H and O–H groups in total. The highest BCUT2D eigenvalue weighted by atomic mass is 16.5. The van der Waals surface area contributed by atoms with E-state index in [1.54, 1.807) is 13.0 Å². The molecule has 0 saturated carbocycles. The van der Waals surface area contributed by atoms with Gasteiger partial charge in [0.15, 0.2) is 0 Å². The molecule has 0 aromatic rings. The van der Waals surface area contributed by atoms with Crippen LogP contribution in [0.15, 0.2) is 12.2 Å². The lowest BCUT2D eigenvalue weighted by Crippen LogP contribution is -2.19. The van der Waals surface area contributed by atoms with Crippen molar-refractivity contribution in [3.05, 3.63) is 12.2 Å². The Bertz CT molecular complexity index is 193. The number of ether oxygens (including phenoxy) is 1. The molecular weight excluding hydrogens is 180 g/mol. The maximum absolute atomic E-state index is 10.9. The molecule has 0 radical (unpaired) electrons. The van der Waals surface area contributed by atoms with Gasteiger partial charge in [-0.1, -0.05) is 19.9 Å². The number of allylic oxidation sites excluding steroid dienone is 1. The van der Waals surface area contributed by atoms with Crippen LogP contribution in [0.4, 0.5) is 0 Å². The predicted octanol–water partition coefficient (Wildman–Crippen LogP) is 1.90. The lowest BCUT2D eigenvalue weighted by atomic mass is 9.85. The molecule has 1 atom stereocenters. The molecule has 3 nitrogen and oxygen atoms in total. The first-order chi connectivity index (χ1) is 6.58. The van der Waals surface area contributed by atoms with E-state index >= 15 is 0 Å². The fourth-order valence-corrected chi connectivity index (χ4v) is 0.951. The van der Waals surface area contributed by atoms with Gasteiger partial charge in [0.1, 0.15) is 0 Å². The SMILES string of the molecule is CCOC(=O)/C=C/C[C@@](C)(CC)CO. The number of rotatable bonds is 6. The zero-order chi connectivity index (χ0) is 11.0. The molecule has 0 amide bonds. The molecule has 0 rings (SSSR count). The average Bonchev–Trinajstić information content (AvgIpc) is 2.18. The van der Waals surface area contributed by atoms with Crippen LogP contribution in [0.3, 0.4) is 0 Å². The predicted molar refractivity (Wildman–Crippen MR) is 55.9 cm³/mol. The first kappa shape index (κ1) is 13.2. The Labute approximate surface area is 85.8 Å². The molecule has 0 fully saturated rings. The fourth-order valence-electron chi connectivity index (χ4n) is 0.951. The maximum atomic E-state index is 10.9. The van der Waals surface area contributed by atoms with Crippen molar-refractivity contribution in [1.82, 2.24) is 0 Å². The van der Waals surface area contributed by atoms with Crippen molar-refractivity contribution in [1.29, 1.82) is 0 Å². The zero-order valence-corrected chi connectivity index (χ0v) is 9.25. The van der Waals surface area contributed by atoms with E-state index in [4.69, 9.17) is 9.84 Å². The third-order valence-corrected chi connectivity index (χ3v) is 2.39. The van der Waals surface area contributed by atoms with Crippen LogP contribution in [-0.2, 0) is 9.53 Å². The summed E-state index contributed by atoms with van der Waals surface area (Å²) in [6, 6.07) is 0. The van der Waals surface area contributed by atoms with E-state index in [1.807, 2.05) is 13.8 Å². The van der Waals surface area contributed by atoms with Crippen LogP contribution in [0.1, 0.15) is 33.6 Å². The van der Waals surface area contributed by atoms with E-state index in [1.165, 1.54) is 6.08 Å². The summed E-state index contributed by atoms with van der Waals surface area (Å²) in [5.74, 6) is -0.316. The Morgan fingerprint density at radius 2 is 2.14 bits per heavy atom. The normalized spacial score (nSPS) is 15.4. The number of aliphatic hydroxyl groups excluding tert-OH is 1. The average molecular weight is 200 g/mol. The highest BCUT2D eigenvalue weighted by Gasteiger charge is 2.18. The summed E-state index contributed by atoms with van der Waals surface area (Å²) >= 11 is 0. The number of hydrogen-bond acceptors (Lipinski definition) is 3. The minimum Gasteiger partial charge on any atom is -0.463 e. The summed E-state index contributed by atoms with van der Waals surface area (Å²) in [5.41, 5.74) is -0.122. The molecule has 0 aliphatic carbocycles. The molecule has 3 heteroatoms. The zero-order valence-electron chi connectivity index (χ0n) is 9.25. The number of carbonyl (C=O) groups is 1. The van der Waals surface area contributed by atoms with Gasteiger partial charge in [0.25, 0.3) is 0 Å². The first-order valence-electron chi connectivity index (χ1n) is 5.02. The molecule has 0 unspecified atom stereocenters. The van der Waals surface area contributed by atoms with Crippen molar-refractivity contribution in [3.63, 3.8) is 0 Å². The minimum atomic E-state index is -0.316. The van der Waals surface area contributed by atoms with Crippen LogP contribution in [0.2, 0.25) is 0 Å². The third-order valence-electron chi connectivity index (χ3n) is 2.39. The Hall–Kier alpha value is -0.830. The Kier molecular flexibility index (Phi) is 6.21. The molecule has 0 aliphatic rings. The molecule has 0 aliphatic heterocycles. The van der Waals surface area contributed by atoms with Gasteiger partial charge < -0.3 is 9.84 Å². The number of hydrogen-bond donors (Lipinski definition) is 1. The van der Waals surface area contributed by atoms with Gasteiger partial charge in [-0.05, 0) is 25.2 Å². The monoisotopic (exact) mass is 200 g/mol. The molecule has 14 heavy (non-hydrogen) atoms. The summed E-state index contributed by atoms with van der Waals surface area (Å²) < 4.78 is 4.74. The highest BCUT2D eigenvalue weighted by Crippen LogP contribution is 2.24. The summed E-state index contributed by atoms with van der Waals surface area (Å²) in [7, 11) is 0. The molecule has 0 heterocycles. The molecule has 0 spiro atoms. The highest BCUT2D eigenvalue weighted by molar-refractivity contribution is 5.81. The third kappa shape index (κ3) is 5.02. The lowest BCUT2D eigenvalue weighted by molar-refractivity contribution is -0.137. The largest absolute Gasteiger partial charge is 0.463 e. The van der Waals surface area contributed by atoms with Gasteiger partial charge >= 0.3 is 5.97 Å². The van der Waals surface area contributed by atoms with Gasteiger partial charge in [-0.3, -0.25) is 0 Å². The van der Waals surface area contributed by atoms with Crippen LogP contribution in [-0.4, -0.2) is 24.3 Å². The molecule has 0 bridgehead atoms. The van der Waals surface area contributed by atoms with E-state index in [2.05, 4.69) is 0 Å². The van der Waals surface area contributed by atoms with Crippen molar-refractivity contribution >= 4 is 5.97 Å². The smallest absolute Gasteiger partial charge is 0.330 e. The van der Waals surface area contributed by atoms with E-state index in [0.717, 1.165) is 6.42 Å². The van der Waals surface area contributed by atoms with Crippen LogP contribution >= 0.6 is 0 Å². The number of esters is 1. The molecule has 0 saturated heterocycles. The van der Waals surface area contributed by atoms with Gasteiger partial charge in [-0.15, -0.1) is 0 Å². The van der Waals surface area contributed by atoms with Crippen LogP contribution in [0.5, 0.6) is 0 Å². The van der Waals surface area contributed by atoms with Crippen molar-refractivity contribution < 1.29 is 14.6 Å². The fraction of sp³-hybridized carbons (Fsp3) is 0.727. The van der Waals surface area contributed by atoms with E-state index < -0.39 is 0 Å². The summed E-state index contributed by atoms with van der Waals surface area (Å²) in [6.07, 6.45) is 4.76. The second-order valence-electron chi connectivity index (χ2n) is 3.68. The van der Waals surface area contributed by atoms with Gasteiger partial charge in [0.05, 0.1) is 6.61 Å². The Morgan fingerprint density at radius 3 is 2.57 bits per heavy atom. The van der Waals surface area contributed by atoms with Gasteiger partial charge in [-0.2, -0.15) is 0 Å². The molecule has 0 aromatic heterocycles. The van der Waals surface area contributed by atoms with Crippen molar-refractivity contribution in [2.24, 2.45) is 5.41 Å². The van der Waals surface area contributed by atoms with Crippen molar-refractivity contribution in [3.8, 4) is 0 Å². The molecule has 82 valence electrons. The first-order valence-corrected chi connectivity index (χ1v) is 5.02. The van der Waals surface area contributed by atoms with Crippen molar-refractivity contribution in [2.45, 2.75) is 33.6 Å². The summed E-state index contributed by atoms with van der Waals surface area (Å²) in [6.45, 7) is 6.32. The van der Waals surface area contributed by atoms with Crippen molar-refractivity contribution in [2.75, 3.05) is 13.2 Å². The Balaban J connectivity index is 3.96. The number of carbonyl (C=O) groups excluding carboxylic acids is 1. The van der Waals surface area contributed by atoms with Crippen LogP contribution in [0.25, 0.3) is 0 Å². The van der Waals surface area contributed by atoms with E-state index in [-0.39, 0.29) is 18.0 Å². The molecular formula is C11H20O3. The minimum absolute atomic E-state index is 0.122. The summed E-state index contributed by atoms with van der Waals surface area (Å²) in [5, 5.41) is 9.10. The molecule has 0 aromatic carbocycles. The maximum Gasteiger partial charge on any atom is 0.330 e.